The van der Waals surface area contributed by atoms with Crippen molar-refractivity contribution >= 4 is 43.4 Å². The van der Waals surface area contributed by atoms with E-state index in [0.717, 1.165) is 12.8 Å². The summed E-state index contributed by atoms with van der Waals surface area (Å²) in [5, 5.41) is 7.95. The Morgan fingerprint density at radius 1 is 0.464 bits per heavy atom. The molecular weight excluding hydrogens is 340 g/mol. The van der Waals surface area contributed by atoms with Crippen LogP contribution in [0.25, 0.3) is 43.4 Å². The first-order valence-corrected chi connectivity index (χ1v) is 9.89. The van der Waals surface area contributed by atoms with Crippen LogP contribution in [-0.4, -0.2) is 9.97 Å². The Morgan fingerprint density at radius 3 is 1.43 bits per heavy atom. The maximum atomic E-state index is 3.78. The molecule has 4 aromatic carbocycles. The number of hydrogen-bond acceptors (Lipinski definition) is 0. The van der Waals surface area contributed by atoms with Crippen molar-refractivity contribution in [2.75, 3.05) is 0 Å². The molecule has 0 spiro atoms. The molecule has 2 N–H and O–H groups in total. The van der Waals surface area contributed by atoms with Gasteiger partial charge in [0.2, 0.25) is 0 Å². The summed E-state index contributed by atoms with van der Waals surface area (Å²) in [6.07, 6.45) is 1.93. The van der Waals surface area contributed by atoms with Crippen LogP contribution >= 0.6 is 0 Å². The fourth-order valence-corrected chi connectivity index (χ4v) is 5.15. The van der Waals surface area contributed by atoms with Crippen molar-refractivity contribution in [3.05, 3.63) is 95.3 Å². The van der Waals surface area contributed by atoms with Crippen molar-refractivity contribution in [3.8, 4) is 0 Å². The van der Waals surface area contributed by atoms with Gasteiger partial charge in [-0.3, -0.25) is 0 Å². The molecule has 0 radical (unpaired) electrons. The number of hydrogen-bond donors (Lipinski definition) is 2. The van der Waals surface area contributed by atoms with Crippen LogP contribution in [0.5, 0.6) is 0 Å². The van der Waals surface area contributed by atoms with E-state index in [1.807, 2.05) is 0 Å². The molecule has 7 rings (SSSR count). The van der Waals surface area contributed by atoms with Crippen LogP contribution in [0.3, 0.4) is 0 Å². The van der Waals surface area contributed by atoms with Crippen LogP contribution in [0.2, 0.25) is 0 Å². The molecule has 0 bridgehead atoms. The summed E-state index contributed by atoms with van der Waals surface area (Å²) >= 11 is 0. The number of nitrogens with one attached hydrogen (secondary N) is 2. The normalized spacial score (nSPS) is 13.4. The van der Waals surface area contributed by atoms with Gasteiger partial charge in [0, 0.05) is 45.8 Å². The zero-order chi connectivity index (χ0) is 18.2. The fourth-order valence-electron chi connectivity index (χ4n) is 5.15. The summed E-state index contributed by atoms with van der Waals surface area (Å²) in [5.41, 5.74) is 8.19. The van der Waals surface area contributed by atoms with Gasteiger partial charge in [0.1, 0.15) is 0 Å². The summed E-state index contributed by atoms with van der Waals surface area (Å²) in [7, 11) is 0. The lowest BCUT2D eigenvalue weighted by atomic mass is 9.91. The predicted octanol–water partition coefficient (Wildman–Crippen LogP) is 6.45. The summed E-state index contributed by atoms with van der Waals surface area (Å²) in [4.78, 5) is 7.56. The smallest absolute Gasteiger partial charge is 0.0538 e. The van der Waals surface area contributed by atoms with Gasteiger partial charge in [-0.15, -0.1) is 0 Å². The Labute approximate surface area is 161 Å². The van der Waals surface area contributed by atoms with Crippen molar-refractivity contribution < 1.29 is 0 Å². The Morgan fingerprint density at radius 2 is 0.929 bits per heavy atom. The van der Waals surface area contributed by atoms with Crippen LogP contribution in [0.1, 0.15) is 22.5 Å². The third-order valence-electron chi connectivity index (χ3n) is 6.50. The zero-order valence-electron chi connectivity index (χ0n) is 15.3. The standard InChI is InChI=1S/C26H18N2/c1-3-7-17-15(5-1)9-11-19-21-13-24-22(14-23(21)27-25(17)19)20-12-10-16-6-2-4-8-18(16)26(20)28-24/h1-12,27-28H,13-14H2. The average molecular weight is 358 g/mol. The summed E-state index contributed by atoms with van der Waals surface area (Å²) in [6, 6.07) is 26.4. The molecule has 1 aliphatic carbocycles. The molecule has 0 saturated carbocycles. The second-order valence-electron chi connectivity index (χ2n) is 7.94. The summed E-state index contributed by atoms with van der Waals surface area (Å²) in [6.45, 7) is 0. The second kappa shape index (κ2) is 5.05. The molecule has 1 aliphatic rings. The first-order chi connectivity index (χ1) is 13.9. The predicted molar refractivity (Wildman–Crippen MR) is 117 cm³/mol. The molecule has 28 heavy (non-hydrogen) atoms. The third kappa shape index (κ3) is 1.77. The highest BCUT2D eigenvalue weighted by molar-refractivity contribution is 6.09. The monoisotopic (exact) mass is 358 g/mol. The van der Waals surface area contributed by atoms with Crippen LogP contribution in [0.15, 0.2) is 72.8 Å². The number of fused-ring (bicyclic) bond motifs is 10. The van der Waals surface area contributed by atoms with Gasteiger partial charge in [0.05, 0.1) is 11.0 Å². The maximum absolute atomic E-state index is 3.78. The van der Waals surface area contributed by atoms with Gasteiger partial charge in [-0.25, -0.2) is 0 Å². The van der Waals surface area contributed by atoms with Gasteiger partial charge in [0.25, 0.3) is 0 Å². The number of H-pyrrole nitrogens is 2. The number of aromatic nitrogens is 2. The Bertz CT molecular complexity index is 1440. The van der Waals surface area contributed by atoms with E-state index in [4.69, 9.17) is 0 Å². The summed E-state index contributed by atoms with van der Waals surface area (Å²) in [5.74, 6) is 0. The fraction of sp³-hybridized carbons (Fsp3) is 0.0769. The van der Waals surface area contributed by atoms with E-state index in [2.05, 4.69) is 82.8 Å². The molecule has 2 heterocycles. The van der Waals surface area contributed by atoms with Crippen LogP contribution in [0, 0.1) is 0 Å². The van der Waals surface area contributed by atoms with Crippen molar-refractivity contribution in [1.29, 1.82) is 0 Å². The van der Waals surface area contributed by atoms with Crippen molar-refractivity contribution in [1.82, 2.24) is 9.97 Å². The lowest BCUT2D eigenvalue weighted by molar-refractivity contribution is 0.966. The molecule has 0 unspecified atom stereocenters. The lowest BCUT2D eigenvalue weighted by Gasteiger charge is -2.13. The maximum Gasteiger partial charge on any atom is 0.0538 e. The van der Waals surface area contributed by atoms with Crippen molar-refractivity contribution in [3.63, 3.8) is 0 Å². The first-order valence-electron chi connectivity index (χ1n) is 9.89. The minimum atomic E-state index is 0.964. The highest BCUT2D eigenvalue weighted by Gasteiger charge is 2.24. The topological polar surface area (TPSA) is 31.6 Å². The molecule has 0 fully saturated rings. The molecule has 2 aromatic heterocycles. The minimum Gasteiger partial charge on any atom is -0.357 e. The molecule has 0 saturated heterocycles. The number of aromatic amines is 2. The molecule has 0 amide bonds. The van der Waals surface area contributed by atoms with Crippen LogP contribution in [0.4, 0.5) is 0 Å². The highest BCUT2D eigenvalue weighted by atomic mass is 14.8. The van der Waals surface area contributed by atoms with E-state index in [1.54, 1.807) is 0 Å². The van der Waals surface area contributed by atoms with Crippen LogP contribution < -0.4 is 0 Å². The van der Waals surface area contributed by atoms with Crippen LogP contribution in [-0.2, 0) is 12.8 Å². The van der Waals surface area contributed by atoms with Gasteiger partial charge < -0.3 is 9.97 Å². The Hall–Kier alpha value is -3.52. The average Bonchev–Trinajstić information content (AvgIpc) is 3.30. The molecular formula is C26H18N2. The van der Waals surface area contributed by atoms with Gasteiger partial charge in [-0.1, -0.05) is 72.8 Å². The van der Waals surface area contributed by atoms with E-state index in [1.165, 1.54) is 65.9 Å². The lowest BCUT2D eigenvalue weighted by Crippen LogP contribution is -2.04. The highest BCUT2D eigenvalue weighted by Crippen LogP contribution is 2.39. The SMILES string of the molecule is c1ccc2c(c1)ccc1c3c([nH]c12)Cc1c([nH]c2c1ccc1ccccc12)C3. The van der Waals surface area contributed by atoms with E-state index >= 15 is 0 Å². The Kier molecular flexibility index (Phi) is 2.62. The van der Waals surface area contributed by atoms with E-state index in [-0.39, 0.29) is 0 Å². The largest absolute Gasteiger partial charge is 0.357 e. The number of benzene rings is 4. The van der Waals surface area contributed by atoms with E-state index in [0.29, 0.717) is 0 Å². The van der Waals surface area contributed by atoms with E-state index in [9.17, 15) is 0 Å². The molecule has 6 aromatic rings. The molecule has 2 nitrogen and oxygen atoms in total. The minimum absolute atomic E-state index is 0.964. The molecule has 0 atom stereocenters. The third-order valence-corrected chi connectivity index (χ3v) is 6.50. The number of rotatable bonds is 0. The van der Waals surface area contributed by atoms with Crippen molar-refractivity contribution in [2.24, 2.45) is 0 Å². The van der Waals surface area contributed by atoms with Gasteiger partial charge >= 0.3 is 0 Å². The molecule has 0 aliphatic heterocycles. The van der Waals surface area contributed by atoms with Crippen molar-refractivity contribution in [2.45, 2.75) is 12.8 Å². The quantitative estimate of drug-likeness (QED) is 0.312. The molecule has 2 heteroatoms. The summed E-state index contributed by atoms with van der Waals surface area (Å²) < 4.78 is 0. The molecule has 132 valence electrons. The Balaban J connectivity index is 1.49. The zero-order valence-corrected chi connectivity index (χ0v) is 15.3. The van der Waals surface area contributed by atoms with Gasteiger partial charge in [0.15, 0.2) is 0 Å². The first kappa shape index (κ1) is 14.5. The van der Waals surface area contributed by atoms with Gasteiger partial charge in [-0.2, -0.15) is 0 Å². The second-order valence-corrected chi connectivity index (χ2v) is 7.94. The van der Waals surface area contributed by atoms with Gasteiger partial charge in [-0.05, 0) is 21.9 Å². The van der Waals surface area contributed by atoms with E-state index < -0.39 is 0 Å².